The molecule has 0 saturated heterocycles. The maximum atomic E-state index is 11.7. The van der Waals surface area contributed by atoms with E-state index in [0.717, 1.165) is 17.5 Å². The molecule has 0 amide bonds. The van der Waals surface area contributed by atoms with Gasteiger partial charge in [0.05, 0.1) is 15.2 Å². The van der Waals surface area contributed by atoms with Crippen LogP contribution >= 0.6 is 0 Å². The van der Waals surface area contributed by atoms with E-state index in [4.69, 9.17) is 0 Å². The average molecular weight is 256 g/mol. The molecule has 0 heterocycles. The zero-order valence-corrected chi connectivity index (χ0v) is 10.2. The Morgan fingerprint density at radius 2 is 1.76 bits per heavy atom. The van der Waals surface area contributed by atoms with Crippen LogP contribution < -0.4 is 0 Å². The van der Waals surface area contributed by atoms with Gasteiger partial charge in [0.15, 0.2) is 0 Å². The Bertz CT molecular complexity index is 532. The Kier molecular flexibility index (Phi) is 3.84. The minimum Gasteiger partial charge on any atom is -0.383 e. The van der Waals surface area contributed by atoms with Crippen molar-refractivity contribution in [1.82, 2.24) is 4.90 Å². The van der Waals surface area contributed by atoms with Gasteiger partial charge >= 0.3 is 0 Å². The number of rotatable bonds is 4. The molecule has 6 nitrogen and oxygen atoms in total. The molecule has 0 fully saturated rings. The van der Waals surface area contributed by atoms with E-state index in [-0.39, 0.29) is 10.6 Å². The highest BCUT2D eigenvalue weighted by atomic mass is 32.2. The van der Waals surface area contributed by atoms with Crippen molar-refractivity contribution in [2.24, 2.45) is 0 Å². The first-order chi connectivity index (χ1) is 7.83. The van der Waals surface area contributed by atoms with Crippen LogP contribution in [0.4, 0.5) is 5.69 Å². The summed E-state index contributed by atoms with van der Waals surface area (Å²) in [4.78, 5) is 11.5. The minimum atomic E-state index is -3.54. The summed E-state index contributed by atoms with van der Waals surface area (Å²) in [6.07, 6.45) is 1.40. The Balaban J connectivity index is 3.05. The zero-order valence-electron chi connectivity index (χ0n) is 9.40. The number of benzene rings is 1. The number of nitro benzene ring substituents is 1. The van der Waals surface area contributed by atoms with Crippen molar-refractivity contribution in [2.45, 2.75) is 4.90 Å². The summed E-state index contributed by atoms with van der Waals surface area (Å²) in [5.41, 5.74) is -0.138. The van der Waals surface area contributed by atoms with E-state index in [1.807, 2.05) is 0 Å². The van der Waals surface area contributed by atoms with Crippen molar-refractivity contribution in [3.63, 3.8) is 0 Å². The quantitative estimate of drug-likeness (QED) is 0.601. The highest BCUT2D eigenvalue weighted by Crippen LogP contribution is 2.17. The smallest absolute Gasteiger partial charge is 0.269 e. The second kappa shape index (κ2) is 4.96. The first-order valence-electron chi connectivity index (χ1n) is 4.67. The molecule has 0 bridgehead atoms. The van der Waals surface area contributed by atoms with E-state index >= 15 is 0 Å². The molecule has 0 aliphatic rings. The van der Waals surface area contributed by atoms with E-state index in [1.165, 1.54) is 18.3 Å². The summed E-state index contributed by atoms with van der Waals surface area (Å²) in [5.74, 6) is 0. The lowest BCUT2D eigenvalue weighted by molar-refractivity contribution is -0.384. The minimum absolute atomic E-state index is 0.0289. The largest absolute Gasteiger partial charge is 0.383 e. The number of sulfone groups is 1. The van der Waals surface area contributed by atoms with E-state index in [9.17, 15) is 18.5 Å². The van der Waals surface area contributed by atoms with Gasteiger partial charge < -0.3 is 4.90 Å². The summed E-state index contributed by atoms with van der Waals surface area (Å²) in [5, 5.41) is 11.5. The van der Waals surface area contributed by atoms with Crippen molar-refractivity contribution >= 4 is 15.5 Å². The monoisotopic (exact) mass is 256 g/mol. The van der Waals surface area contributed by atoms with Gasteiger partial charge in [0.2, 0.25) is 9.84 Å². The lowest BCUT2D eigenvalue weighted by atomic mass is 10.3. The van der Waals surface area contributed by atoms with Crippen LogP contribution in [0.15, 0.2) is 40.8 Å². The molecule has 92 valence electrons. The molecule has 1 aromatic rings. The van der Waals surface area contributed by atoms with Gasteiger partial charge in [-0.2, -0.15) is 0 Å². The van der Waals surface area contributed by atoms with Crippen LogP contribution in [0.5, 0.6) is 0 Å². The summed E-state index contributed by atoms with van der Waals surface area (Å²) in [7, 11) is -0.150. The van der Waals surface area contributed by atoms with Crippen LogP contribution in [0.2, 0.25) is 0 Å². The molecule has 0 aliphatic carbocycles. The molecule has 7 heteroatoms. The molecule has 0 aromatic heterocycles. The summed E-state index contributed by atoms with van der Waals surface area (Å²) in [6.45, 7) is 0. The SMILES string of the molecule is CN(C)C=CS(=O)(=O)c1ccc([N+](=O)[O-])cc1. The fraction of sp³-hybridized carbons (Fsp3) is 0.200. The van der Waals surface area contributed by atoms with Crippen LogP contribution in [0, 0.1) is 10.1 Å². The molecule has 0 radical (unpaired) electrons. The first-order valence-corrected chi connectivity index (χ1v) is 6.22. The average Bonchev–Trinajstić information content (AvgIpc) is 2.27. The molecule has 0 atom stereocenters. The topological polar surface area (TPSA) is 80.5 Å². The number of non-ortho nitro benzene ring substituents is 1. The molecule has 1 aromatic carbocycles. The highest BCUT2D eigenvalue weighted by Gasteiger charge is 2.12. The Hall–Kier alpha value is -1.89. The molecular formula is C10H12N2O4S. The Morgan fingerprint density at radius 1 is 1.24 bits per heavy atom. The Labute approximate surface area is 99.2 Å². The normalized spacial score (nSPS) is 11.6. The van der Waals surface area contributed by atoms with E-state index in [0.29, 0.717) is 0 Å². The lowest BCUT2D eigenvalue weighted by Gasteiger charge is -2.03. The standard InChI is InChI=1S/C10H12N2O4S/c1-11(2)7-8-17(15,16)10-5-3-9(4-6-10)12(13)14/h3-8H,1-2H3. The van der Waals surface area contributed by atoms with Crippen LogP contribution in [-0.4, -0.2) is 32.3 Å². The molecule has 0 spiro atoms. The number of hydrogen-bond donors (Lipinski definition) is 0. The maximum absolute atomic E-state index is 11.7. The van der Waals surface area contributed by atoms with Crippen LogP contribution in [0.25, 0.3) is 0 Å². The number of hydrogen-bond acceptors (Lipinski definition) is 5. The second-order valence-electron chi connectivity index (χ2n) is 3.54. The fourth-order valence-corrected chi connectivity index (χ4v) is 2.11. The van der Waals surface area contributed by atoms with Gasteiger partial charge in [0, 0.05) is 32.4 Å². The maximum Gasteiger partial charge on any atom is 0.269 e. The van der Waals surface area contributed by atoms with Crippen molar-refractivity contribution in [2.75, 3.05) is 14.1 Å². The predicted molar refractivity (Wildman–Crippen MR) is 63.1 cm³/mol. The Morgan fingerprint density at radius 3 is 2.18 bits per heavy atom. The third-order valence-corrected chi connectivity index (χ3v) is 3.32. The molecule has 0 N–H and O–H groups in total. The van der Waals surface area contributed by atoms with Crippen LogP contribution in [0.1, 0.15) is 0 Å². The molecule has 0 unspecified atom stereocenters. The van der Waals surface area contributed by atoms with E-state index in [1.54, 1.807) is 19.0 Å². The molecule has 0 aliphatic heterocycles. The van der Waals surface area contributed by atoms with E-state index in [2.05, 4.69) is 0 Å². The van der Waals surface area contributed by atoms with Gasteiger partial charge in [0.25, 0.3) is 5.69 Å². The van der Waals surface area contributed by atoms with Crippen molar-refractivity contribution in [1.29, 1.82) is 0 Å². The fourth-order valence-electron chi connectivity index (χ4n) is 1.04. The summed E-state index contributed by atoms with van der Waals surface area (Å²) in [6, 6.07) is 4.76. The molecule has 1 rings (SSSR count). The predicted octanol–water partition coefficient (Wildman–Crippen LogP) is 1.40. The molecule has 0 saturated carbocycles. The van der Waals surface area contributed by atoms with Crippen molar-refractivity contribution in [3.8, 4) is 0 Å². The summed E-state index contributed by atoms with van der Waals surface area (Å²) < 4.78 is 23.5. The third kappa shape index (κ3) is 3.56. The second-order valence-corrected chi connectivity index (χ2v) is 5.38. The molecular weight excluding hydrogens is 244 g/mol. The van der Waals surface area contributed by atoms with E-state index < -0.39 is 14.8 Å². The van der Waals surface area contributed by atoms with Gasteiger partial charge in [-0.05, 0) is 12.1 Å². The lowest BCUT2D eigenvalue weighted by Crippen LogP contribution is -2.03. The van der Waals surface area contributed by atoms with Crippen molar-refractivity contribution < 1.29 is 13.3 Å². The highest BCUT2D eigenvalue weighted by molar-refractivity contribution is 7.94. The zero-order chi connectivity index (χ0) is 13.1. The van der Waals surface area contributed by atoms with Gasteiger partial charge in [-0.3, -0.25) is 10.1 Å². The summed E-state index contributed by atoms with van der Waals surface area (Å²) >= 11 is 0. The van der Waals surface area contributed by atoms with Gasteiger partial charge in [-0.25, -0.2) is 8.42 Å². The van der Waals surface area contributed by atoms with Gasteiger partial charge in [-0.15, -0.1) is 0 Å². The van der Waals surface area contributed by atoms with Gasteiger partial charge in [0.1, 0.15) is 0 Å². The van der Waals surface area contributed by atoms with Crippen molar-refractivity contribution in [3.05, 3.63) is 46.0 Å². The van der Waals surface area contributed by atoms with Crippen LogP contribution in [-0.2, 0) is 9.84 Å². The third-order valence-electron chi connectivity index (χ3n) is 1.91. The number of nitrogens with zero attached hydrogens (tertiary/aromatic N) is 2. The van der Waals surface area contributed by atoms with Crippen LogP contribution in [0.3, 0.4) is 0 Å². The number of nitro groups is 1. The first kappa shape index (κ1) is 13.2. The van der Waals surface area contributed by atoms with Gasteiger partial charge in [-0.1, -0.05) is 0 Å². The molecule has 17 heavy (non-hydrogen) atoms.